The second kappa shape index (κ2) is 6.24. The fourth-order valence-electron chi connectivity index (χ4n) is 2.92. The summed E-state index contributed by atoms with van der Waals surface area (Å²) in [5, 5.41) is 0. The third-order valence-corrected chi connectivity index (χ3v) is 4.25. The lowest BCUT2D eigenvalue weighted by atomic mass is 10.0. The monoisotopic (exact) mass is 246 g/mol. The normalized spacial score (nSPS) is 19.8. The quantitative estimate of drug-likeness (QED) is 0.877. The second-order valence-electron chi connectivity index (χ2n) is 5.44. The highest BCUT2D eigenvalue weighted by Crippen LogP contribution is 2.32. The number of hydrogen-bond acceptors (Lipinski definition) is 2. The van der Waals surface area contributed by atoms with Gasteiger partial charge >= 0.3 is 0 Å². The van der Waals surface area contributed by atoms with Crippen molar-refractivity contribution in [2.45, 2.75) is 45.6 Å². The topological polar surface area (TPSA) is 29.3 Å². The van der Waals surface area contributed by atoms with Gasteiger partial charge in [0.25, 0.3) is 0 Å². The van der Waals surface area contributed by atoms with Gasteiger partial charge in [0.2, 0.25) is 0 Å². The fraction of sp³-hybridized carbons (Fsp3) is 0.625. The Kier molecular flexibility index (Phi) is 4.65. The molecule has 2 heteroatoms. The number of anilines is 1. The molecule has 1 aliphatic rings. The van der Waals surface area contributed by atoms with Gasteiger partial charge in [0.15, 0.2) is 0 Å². The molecule has 0 spiro atoms. The summed E-state index contributed by atoms with van der Waals surface area (Å²) in [6.07, 6.45) is 4.84. The van der Waals surface area contributed by atoms with E-state index in [0.717, 1.165) is 18.9 Å². The van der Waals surface area contributed by atoms with Crippen LogP contribution in [0.3, 0.4) is 0 Å². The van der Waals surface area contributed by atoms with Gasteiger partial charge in [0.1, 0.15) is 0 Å². The van der Waals surface area contributed by atoms with Gasteiger partial charge in [0.05, 0.1) is 0 Å². The van der Waals surface area contributed by atoms with Crippen LogP contribution in [0.25, 0.3) is 0 Å². The van der Waals surface area contributed by atoms with Crippen molar-refractivity contribution in [2.75, 3.05) is 18.0 Å². The van der Waals surface area contributed by atoms with E-state index in [2.05, 4.69) is 43.0 Å². The molecule has 0 aromatic heterocycles. The molecule has 0 fully saturated rings. The molecule has 2 rings (SSSR count). The summed E-state index contributed by atoms with van der Waals surface area (Å²) < 4.78 is 0. The lowest BCUT2D eigenvalue weighted by Crippen LogP contribution is -2.30. The van der Waals surface area contributed by atoms with Crippen LogP contribution in [-0.4, -0.2) is 13.1 Å². The number of hydrogen-bond donors (Lipinski definition) is 1. The molecule has 0 saturated heterocycles. The summed E-state index contributed by atoms with van der Waals surface area (Å²) in [6, 6.07) is 8.90. The van der Waals surface area contributed by atoms with Gasteiger partial charge in [-0.05, 0) is 30.4 Å². The molecular formula is C16H26N2. The van der Waals surface area contributed by atoms with Gasteiger partial charge in [-0.15, -0.1) is 0 Å². The Labute approximate surface area is 111 Å². The third kappa shape index (κ3) is 2.86. The zero-order valence-electron chi connectivity index (χ0n) is 11.7. The Morgan fingerprint density at radius 2 is 2.00 bits per heavy atom. The molecule has 1 atom stereocenters. The molecule has 100 valence electrons. The number of nitrogens with two attached hydrogens (primary N) is 1. The van der Waals surface area contributed by atoms with E-state index in [0.29, 0.717) is 0 Å². The van der Waals surface area contributed by atoms with E-state index in [1.165, 1.54) is 37.1 Å². The SMILES string of the molecule is CCC(CC)CN1CCCC(N)c2ccccc21. The van der Waals surface area contributed by atoms with Crippen molar-refractivity contribution >= 4 is 5.69 Å². The molecule has 0 amide bonds. The van der Waals surface area contributed by atoms with Crippen LogP contribution in [0.4, 0.5) is 5.69 Å². The molecule has 18 heavy (non-hydrogen) atoms. The molecule has 1 aliphatic heterocycles. The minimum absolute atomic E-state index is 0.216. The van der Waals surface area contributed by atoms with Crippen LogP contribution < -0.4 is 10.6 Å². The maximum absolute atomic E-state index is 6.28. The Bertz CT molecular complexity index is 371. The summed E-state index contributed by atoms with van der Waals surface area (Å²) >= 11 is 0. The highest BCUT2D eigenvalue weighted by atomic mass is 15.1. The average molecular weight is 246 g/mol. The molecule has 1 unspecified atom stereocenters. The van der Waals surface area contributed by atoms with Gasteiger partial charge in [-0.3, -0.25) is 0 Å². The number of rotatable bonds is 4. The molecule has 0 bridgehead atoms. The highest BCUT2D eigenvalue weighted by molar-refractivity contribution is 5.55. The van der Waals surface area contributed by atoms with E-state index in [4.69, 9.17) is 5.73 Å². The van der Waals surface area contributed by atoms with Crippen molar-refractivity contribution in [1.29, 1.82) is 0 Å². The van der Waals surface area contributed by atoms with E-state index in [1.54, 1.807) is 0 Å². The number of nitrogens with zero attached hydrogens (tertiary/aromatic N) is 1. The van der Waals surface area contributed by atoms with Crippen LogP contribution >= 0.6 is 0 Å². The van der Waals surface area contributed by atoms with Gasteiger partial charge in [-0.2, -0.15) is 0 Å². The average Bonchev–Trinajstić information content (AvgIpc) is 2.57. The first kappa shape index (κ1) is 13.4. The minimum Gasteiger partial charge on any atom is -0.371 e. The molecule has 1 aromatic rings. The lowest BCUT2D eigenvalue weighted by Gasteiger charge is -2.29. The van der Waals surface area contributed by atoms with Gasteiger partial charge in [0, 0.05) is 24.8 Å². The van der Waals surface area contributed by atoms with Crippen LogP contribution in [0.1, 0.15) is 51.1 Å². The summed E-state index contributed by atoms with van der Waals surface area (Å²) in [7, 11) is 0. The first-order valence-corrected chi connectivity index (χ1v) is 7.35. The standard InChI is InChI=1S/C16H26N2/c1-3-13(4-2)12-18-11-7-9-15(17)14-8-5-6-10-16(14)18/h5-6,8,10,13,15H,3-4,7,9,11-12,17H2,1-2H3. The second-order valence-corrected chi connectivity index (χ2v) is 5.44. The highest BCUT2D eigenvalue weighted by Gasteiger charge is 2.21. The molecule has 1 aromatic carbocycles. The summed E-state index contributed by atoms with van der Waals surface area (Å²) in [5.41, 5.74) is 8.98. The Morgan fingerprint density at radius 1 is 1.28 bits per heavy atom. The van der Waals surface area contributed by atoms with Crippen LogP contribution in [0.5, 0.6) is 0 Å². The van der Waals surface area contributed by atoms with Crippen molar-refractivity contribution in [3.8, 4) is 0 Å². The van der Waals surface area contributed by atoms with Crippen LogP contribution in [0.2, 0.25) is 0 Å². The van der Waals surface area contributed by atoms with Crippen molar-refractivity contribution in [2.24, 2.45) is 11.7 Å². The van der Waals surface area contributed by atoms with Crippen molar-refractivity contribution in [3.63, 3.8) is 0 Å². The smallest absolute Gasteiger partial charge is 0.0414 e. The Morgan fingerprint density at radius 3 is 2.72 bits per heavy atom. The number of para-hydroxylation sites is 1. The fourth-order valence-corrected chi connectivity index (χ4v) is 2.92. The maximum atomic E-state index is 6.28. The lowest BCUT2D eigenvalue weighted by molar-refractivity contribution is 0.480. The summed E-state index contributed by atoms with van der Waals surface area (Å²) in [4.78, 5) is 2.56. The van der Waals surface area contributed by atoms with Gasteiger partial charge < -0.3 is 10.6 Å². The molecule has 1 heterocycles. The predicted molar refractivity (Wildman–Crippen MR) is 78.9 cm³/mol. The maximum Gasteiger partial charge on any atom is 0.0414 e. The van der Waals surface area contributed by atoms with Crippen molar-refractivity contribution in [1.82, 2.24) is 0 Å². The van der Waals surface area contributed by atoms with E-state index >= 15 is 0 Å². The Balaban J connectivity index is 2.23. The zero-order chi connectivity index (χ0) is 13.0. The molecule has 2 nitrogen and oxygen atoms in total. The molecular weight excluding hydrogens is 220 g/mol. The summed E-state index contributed by atoms with van der Waals surface area (Å²) in [5.74, 6) is 0.799. The zero-order valence-corrected chi connectivity index (χ0v) is 11.7. The largest absolute Gasteiger partial charge is 0.371 e. The van der Waals surface area contributed by atoms with Crippen LogP contribution in [-0.2, 0) is 0 Å². The van der Waals surface area contributed by atoms with Gasteiger partial charge in [-0.25, -0.2) is 0 Å². The van der Waals surface area contributed by atoms with Crippen LogP contribution in [0.15, 0.2) is 24.3 Å². The minimum atomic E-state index is 0.216. The Hall–Kier alpha value is -1.02. The van der Waals surface area contributed by atoms with Gasteiger partial charge in [-0.1, -0.05) is 44.9 Å². The molecule has 0 radical (unpaired) electrons. The van der Waals surface area contributed by atoms with Crippen molar-refractivity contribution in [3.05, 3.63) is 29.8 Å². The molecule has 0 aliphatic carbocycles. The molecule has 0 saturated carbocycles. The number of fused-ring (bicyclic) bond motifs is 1. The molecule has 2 N–H and O–H groups in total. The van der Waals surface area contributed by atoms with E-state index in [9.17, 15) is 0 Å². The van der Waals surface area contributed by atoms with Crippen LogP contribution in [0, 0.1) is 5.92 Å². The van der Waals surface area contributed by atoms with Crippen molar-refractivity contribution < 1.29 is 0 Å². The predicted octanol–water partition coefficient (Wildman–Crippen LogP) is 3.72. The first-order chi connectivity index (χ1) is 8.76. The summed E-state index contributed by atoms with van der Waals surface area (Å²) in [6.45, 7) is 6.92. The van der Waals surface area contributed by atoms with E-state index in [-0.39, 0.29) is 6.04 Å². The first-order valence-electron chi connectivity index (χ1n) is 7.35. The number of benzene rings is 1. The van der Waals surface area contributed by atoms with E-state index in [1.807, 2.05) is 0 Å². The third-order valence-electron chi connectivity index (χ3n) is 4.25. The van der Waals surface area contributed by atoms with E-state index < -0.39 is 0 Å².